The summed E-state index contributed by atoms with van der Waals surface area (Å²) in [5, 5.41) is 11.7. The highest BCUT2D eigenvalue weighted by molar-refractivity contribution is 5.86. The first-order valence-corrected chi connectivity index (χ1v) is 11.3. The van der Waals surface area contributed by atoms with Gasteiger partial charge in [-0.05, 0) is 18.3 Å². The second-order valence-corrected chi connectivity index (χ2v) is 9.06. The molecule has 1 amide bonds. The van der Waals surface area contributed by atoms with E-state index in [2.05, 4.69) is 48.5 Å². The van der Waals surface area contributed by atoms with Crippen LogP contribution in [0.3, 0.4) is 0 Å². The van der Waals surface area contributed by atoms with E-state index in [1.165, 1.54) is 16.0 Å². The van der Waals surface area contributed by atoms with Crippen molar-refractivity contribution in [2.24, 2.45) is 23.7 Å². The van der Waals surface area contributed by atoms with Gasteiger partial charge in [-0.25, -0.2) is 0 Å². The molecule has 2 bridgehead atoms. The number of piperazine rings is 1. The number of amides is 1. The molecule has 1 N–H and O–H groups in total. The number of hydrogen-bond donors (Lipinski definition) is 1. The van der Waals surface area contributed by atoms with E-state index in [1.807, 2.05) is 29.2 Å². The molecule has 0 unspecified atom stereocenters. The Morgan fingerprint density at radius 3 is 1.87 bits per heavy atom. The van der Waals surface area contributed by atoms with Crippen molar-refractivity contribution in [2.75, 3.05) is 26.2 Å². The van der Waals surface area contributed by atoms with Crippen LogP contribution in [0.2, 0.25) is 0 Å². The van der Waals surface area contributed by atoms with E-state index < -0.39 is 17.8 Å². The SMILES string of the molecule is O=C([O-])[C@@H]1[C@@H](C(=O)N2CC[NH+](C(c3ccccc3)c3ccccc3)CC2)[C@@H]2C=C[C@@H]1C2. The third-order valence-electron chi connectivity index (χ3n) is 7.41. The Hall–Kier alpha value is -2.92. The monoisotopic (exact) mass is 416 g/mol. The van der Waals surface area contributed by atoms with Gasteiger partial charge in [0.2, 0.25) is 5.91 Å². The highest BCUT2D eigenvalue weighted by atomic mass is 16.4. The van der Waals surface area contributed by atoms with Crippen LogP contribution in [0.1, 0.15) is 23.6 Å². The normalized spacial score (nSPS) is 27.7. The van der Waals surface area contributed by atoms with E-state index in [1.54, 1.807) is 0 Å². The van der Waals surface area contributed by atoms with Gasteiger partial charge in [-0.3, -0.25) is 4.79 Å². The van der Waals surface area contributed by atoms with Crippen molar-refractivity contribution < 1.29 is 19.6 Å². The van der Waals surface area contributed by atoms with Crippen LogP contribution in [-0.2, 0) is 9.59 Å². The number of hydrogen-bond acceptors (Lipinski definition) is 3. The molecule has 5 heteroatoms. The van der Waals surface area contributed by atoms with E-state index in [9.17, 15) is 14.7 Å². The quantitative estimate of drug-likeness (QED) is 0.730. The summed E-state index contributed by atoms with van der Waals surface area (Å²) in [4.78, 5) is 28.4. The number of nitrogens with zero attached hydrogens (tertiary/aromatic N) is 1. The van der Waals surface area contributed by atoms with Crippen LogP contribution in [0.4, 0.5) is 0 Å². The maximum absolute atomic E-state index is 13.3. The van der Waals surface area contributed by atoms with Gasteiger partial charge in [-0.2, -0.15) is 0 Å². The first-order valence-electron chi connectivity index (χ1n) is 11.3. The summed E-state index contributed by atoms with van der Waals surface area (Å²) in [7, 11) is 0. The Morgan fingerprint density at radius 2 is 1.35 bits per heavy atom. The molecular formula is C26H28N2O3. The first kappa shape index (κ1) is 20.0. The Morgan fingerprint density at radius 1 is 0.839 bits per heavy atom. The van der Waals surface area contributed by atoms with Gasteiger partial charge in [0.25, 0.3) is 0 Å². The number of nitrogens with one attached hydrogen (secondary N) is 1. The van der Waals surface area contributed by atoms with Crippen molar-refractivity contribution in [3.05, 3.63) is 83.9 Å². The minimum Gasteiger partial charge on any atom is -0.550 e. The summed E-state index contributed by atoms with van der Waals surface area (Å²) in [6, 6.07) is 21.3. The first-order chi connectivity index (χ1) is 15.1. The topological polar surface area (TPSA) is 64.9 Å². The Labute approximate surface area is 183 Å². The Balaban J connectivity index is 1.32. The van der Waals surface area contributed by atoms with E-state index in [0.29, 0.717) is 13.1 Å². The smallest absolute Gasteiger partial charge is 0.227 e. The number of rotatable bonds is 5. The van der Waals surface area contributed by atoms with Gasteiger partial charge < -0.3 is 19.7 Å². The largest absolute Gasteiger partial charge is 0.550 e. The van der Waals surface area contributed by atoms with Crippen molar-refractivity contribution in [3.63, 3.8) is 0 Å². The molecule has 5 nitrogen and oxygen atoms in total. The summed E-state index contributed by atoms with van der Waals surface area (Å²) in [6.45, 7) is 2.99. The van der Waals surface area contributed by atoms with E-state index in [-0.39, 0.29) is 23.8 Å². The third kappa shape index (κ3) is 3.68. The van der Waals surface area contributed by atoms with Crippen LogP contribution >= 0.6 is 0 Å². The molecule has 4 atom stereocenters. The predicted octanol–water partition coefficient (Wildman–Crippen LogP) is 0.691. The molecule has 31 heavy (non-hydrogen) atoms. The maximum atomic E-state index is 13.3. The maximum Gasteiger partial charge on any atom is 0.227 e. The zero-order chi connectivity index (χ0) is 21.4. The van der Waals surface area contributed by atoms with Crippen molar-refractivity contribution in [3.8, 4) is 0 Å². The lowest BCUT2D eigenvalue weighted by molar-refractivity contribution is -0.929. The van der Waals surface area contributed by atoms with Crippen molar-refractivity contribution in [1.29, 1.82) is 0 Å². The lowest BCUT2D eigenvalue weighted by atomic mass is 9.82. The molecule has 5 rings (SSSR count). The Kier molecular flexibility index (Phi) is 5.36. The molecule has 1 saturated heterocycles. The number of carbonyl (C=O) groups excluding carboxylic acids is 2. The van der Waals surface area contributed by atoms with E-state index >= 15 is 0 Å². The molecule has 0 spiro atoms. The molecule has 2 aromatic carbocycles. The lowest BCUT2D eigenvalue weighted by Gasteiger charge is -2.39. The van der Waals surface area contributed by atoms with Gasteiger partial charge in [0.15, 0.2) is 0 Å². The molecule has 2 aromatic rings. The average Bonchev–Trinajstić information content (AvgIpc) is 3.43. The number of fused-ring (bicyclic) bond motifs is 2. The highest BCUT2D eigenvalue weighted by Gasteiger charge is 2.50. The molecular weight excluding hydrogens is 388 g/mol. The second-order valence-electron chi connectivity index (χ2n) is 9.06. The summed E-state index contributed by atoms with van der Waals surface area (Å²) in [5.74, 6) is -2.20. The molecule has 1 heterocycles. The molecule has 2 fully saturated rings. The molecule has 0 radical (unpaired) electrons. The van der Waals surface area contributed by atoms with Crippen LogP contribution < -0.4 is 10.0 Å². The van der Waals surface area contributed by atoms with Gasteiger partial charge in [0.05, 0.1) is 32.1 Å². The molecule has 2 aliphatic carbocycles. The fourth-order valence-corrected chi connectivity index (χ4v) is 5.95. The molecule has 1 saturated carbocycles. The molecule has 160 valence electrons. The molecule has 0 aromatic heterocycles. The predicted molar refractivity (Wildman–Crippen MR) is 115 cm³/mol. The second kappa shape index (κ2) is 8.31. The van der Waals surface area contributed by atoms with Gasteiger partial charge in [0, 0.05) is 23.0 Å². The standard InChI is InChI=1S/C26H28N2O3/c29-25(22-20-11-12-21(17-20)23(22)26(30)31)28-15-13-27(14-16-28)24(18-7-3-1-4-8-18)19-9-5-2-6-10-19/h1-12,20-24H,13-17H2,(H,30,31)/t20-,21-,22+,23+/m1/s1. The summed E-state index contributed by atoms with van der Waals surface area (Å²) in [6.07, 6.45) is 4.76. The third-order valence-corrected chi connectivity index (χ3v) is 7.41. The van der Waals surface area contributed by atoms with E-state index in [0.717, 1.165) is 19.5 Å². The fraction of sp³-hybridized carbons (Fsp3) is 0.385. The van der Waals surface area contributed by atoms with Crippen LogP contribution in [0.15, 0.2) is 72.8 Å². The summed E-state index contributed by atoms with van der Waals surface area (Å²) >= 11 is 0. The Bertz CT molecular complexity index is 927. The van der Waals surface area contributed by atoms with Crippen molar-refractivity contribution in [1.82, 2.24) is 4.90 Å². The fourth-order valence-electron chi connectivity index (χ4n) is 5.95. The lowest BCUT2D eigenvalue weighted by Crippen LogP contribution is -3.15. The number of aliphatic carboxylic acids is 1. The molecule has 3 aliphatic rings. The van der Waals surface area contributed by atoms with Crippen molar-refractivity contribution in [2.45, 2.75) is 12.5 Å². The van der Waals surface area contributed by atoms with Gasteiger partial charge in [-0.1, -0.05) is 72.8 Å². The van der Waals surface area contributed by atoms with Crippen LogP contribution in [0.25, 0.3) is 0 Å². The van der Waals surface area contributed by atoms with Crippen LogP contribution in [-0.4, -0.2) is 43.0 Å². The van der Waals surface area contributed by atoms with Gasteiger partial charge in [-0.15, -0.1) is 0 Å². The number of benzene rings is 2. The number of quaternary nitrogens is 1. The molecule has 1 aliphatic heterocycles. The summed E-state index contributed by atoms with van der Waals surface area (Å²) in [5.41, 5.74) is 2.55. The zero-order valence-corrected chi connectivity index (χ0v) is 17.5. The number of allylic oxidation sites excluding steroid dienone is 2. The highest BCUT2D eigenvalue weighted by Crippen LogP contribution is 2.48. The number of carboxylic acid groups (broad SMARTS) is 1. The minimum absolute atomic E-state index is 0.000993. The van der Waals surface area contributed by atoms with Crippen LogP contribution in [0.5, 0.6) is 0 Å². The summed E-state index contributed by atoms with van der Waals surface area (Å²) < 4.78 is 0. The van der Waals surface area contributed by atoms with E-state index in [4.69, 9.17) is 0 Å². The number of carbonyl (C=O) groups is 2. The van der Waals surface area contributed by atoms with Gasteiger partial charge in [0.1, 0.15) is 6.04 Å². The average molecular weight is 417 g/mol. The van der Waals surface area contributed by atoms with Crippen molar-refractivity contribution >= 4 is 11.9 Å². The zero-order valence-electron chi connectivity index (χ0n) is 17.5. The van der Waals surface area contributed by atoms with Crippen LogP contribution in [0, 0.1) is 23.7 Å². The minimum atomic E-state index is -1.08. The van der Waals surface area contributed by atoms with Gasteiger partial charge >= 0.3 is 0 Å². The number of carboxylic acids is 1.